The lowest BCUT2D eigenvalue weighted by molar-refractivity contribution is 0.0945. The molecule has 0 saturated heterocycles. The molecule has 23 heavy (non-hydrogen) atoms. The van der Waals surface area contributed by atoms with Gasteiger partial charge in [-0.15, -0.1) is 0 Å². The van der Waals surface area contributed by atoms with E-state index in [0.717, 1.165) is 5.56 Å². The molecule has 0 unspecified atom stereocenters. The molecule has 1 N–H and O–H groups in total. The number of nitrogens with zero attached hydrogens (tertiary/aromatic N) is 3. The van der Waals surface area contributed by atoms with Gasteiger partial charge >= 0.3 is 0 Å². The maximum atomic E-state index is 11.9. The van der Waals surface area contributed by atoms with Crippen molar-refractivity contribution in [1.82, 2.24) is 20.3 Å². The Bertz CT molecular complexity index is 762. The molecule has 0 aliphatic carbocycles. The molecule has 0 bridgehead atoms. The molecule has 1 aromatic carbocycles. The van der Waals surface area contributed by atoms with E-state index in [2.05, 4.69) is 20.3 Å². The number of ether oxygens (including phenoxy) is 1. The van der Waals surface area contributed by atoms with E-state index in [0.29, 0.717) is 23.9 Å². The van der Waals surface area contributed by atoms with Gasteiger partial charge in [0.15, 0.2) is 0 Å². The van der Waals surface area contributed by atoms with Crippen LogP contribution in [0.15, 0.2) is 67.3 Å². The van der Waals surface area contributed by atoms with Crippen molar-refractivity contribution in [3.8, 4) is 11.6 Å². The molecule has 0 spiro atoms. The van der Waals surface area contributed by atoms with Crippen LogP contribution in [-0.4, -0.2) is 20.9 Å². The standard InChI is InChI=1S/C17H14N4O2/c22-17(15-8-10-18-12-21-15)20-11-13-4-6-14(7-5-13)23-16-3-1-2-9-19-16/h1-10,12H,11H2,(H,20,22). The van der Waals surface area contributed by atoms with Crippen LogP contribution in [-0.2, 0) is 6.54 Å². The van der Waals surface area contributed by atoms with Crippen molar-refractivity contribution in [1.29, 1.82) is 0 Å². The normalized spacial score (nSPS) is 10.1. The van der Waals surface area contributed by atoms with Crippen LogP contribution in [0.1, 0.15) is 16.1 Å². The Morgan fingerprint density at radius 3 is 2.57 bits per heavy atom. The second kappa shape index (κ2) is 7.13. The van der Waals surface area contributed by atoms with E-state index in [-0.39, 0.29) is 5.91 Å². The number of hydrogen-bond acceptors (Lipinski definition) is 5. The molecule has 1 amide bonds. The molecule has 3 aromatic rings. The third kappa shape index (κ3) is 4.10. The molecule has 6 heteroatoms. The molecular formula is C17H14N4O2. The predicted molar refractivity (Wildman–Crippen MR) is 84.0 cm³/mol. The van der Waals surface area contributed by atoms with Crippen LogP contribution < -0.4 is 10.1 Å². The monoisotopic (exact) mass is 306 g/mol. The van der Waals surface area contributed by atoms with Gasteiger partial charge in [-0.05, 0) is 29.8 Å². The van der Waals surface area contributed by atoms with Gasteiger partial charge < -0.3 is 10.1 Å². The summed E-state index contributed by atoms with van der Waals surface area (Å²) in [4.78, 5) is 23.7. The van der Waals surface area contributed by atoms with E-state index in [1.165, 1.54) is 12.5 Å². The molecule has 0 aliphatic heterocycles. The van der Waals surface area contributed by atoms with Gasteiger partial charge in [-0.3, -0.25) is 4.79 Å². The number of benzene rings is 1. The smallest absolute Gasteiger partial charge is 0.270 e. The minimum Gasteiger partial charge on any atom is -0.439 e. The SMILES string of the molecule is O=C(NCc1ccc(Oc2ccccn2)cc1)c1ccncn1. The van der Waals surface area contributed by atoms with Gasteiger partial charge in [0.2, 0.25) is 5.88 Å². The molecular weight excluding hydrogens is 292 g/mol. The maximum absolute atomic E-state index is 11.9. The van der Waals surface area contributed by atoms with Gasteiger partial charge in [0.1, 0.15) is 17.8 Å². The second-order valence-corrected chi connectivity index (χ2v) is 4.69. The van der Waals surface area contributed by atoms with E-state index in [4.69, 9.17) is 4.74 Å². The molecule has 0 aliphatic rings. The number of carbonyl (C=O) groups is 1. The summed E-state index contributed by atoms with van der Waals surface area (Å²) < 4.78 is 5.61. The van der Waals surface area contributed by atoms with Crippen molar-refractivity contribution in [2.24, 2.45) is 0 Å². The Labute approximate surface area is 133 Å². The third-order valence-electron chi connectivity index (χ3n) is 3.05. The highest BCUT2D eigenvalue weighted by molar-refractivity contribution is 5.91. The summed E-state index contributed by atoms with van der Waals surface area (Å²) in [5.41, 5.74) is 1.30. The Morgan fingerprint density at radius 2 is 1.87 bits per heavy atom. The minimum absolute atomic E-state index is 0.235. The molecule has 114 valence electrons. The van der Waals surface area contributed by atoms with Crippen LogP contribution in [0.4, 0.5) is 0 Å². The van der Waals surface area contributed by atoms with Crippen molar-refractivity contribution in [2.75, 3.05) is 0 Å². The lowest BCUT2D eigenvalue weighted by Crippen LogP contribution is -2.23. The number of hydrogen-bond donors (Lipinski definition) is 1. The van der Waals surface area contributed by atoms with E-state index >= 15 is 0 Å². The molecule has 0 atom stereocenters. The quantitative estimate of drug-likeness (QED) is 0.784. The van der Waals surface area contributed by atoms with Gasteiger partial charge in [-0.1, -0.05) is 18.2 Å². The van der Waals surface area contributed by atoms with E-state index in [1.807, 2.05) is 36.4 Å². The summed E-state index contributed by atoms with van der Waals surface area (Å²) in [5, 5.41) is 2.80. The number of amides is 1. The lowest BCUT2D eigenvalue weighted by Gasteiger charge is -2.07. The molecule has 0 radical (unpaired) electrons. The van der Waals surface area contributed by atoms with Gasteiger partial charge in [-0.2, -0.15) is 0 Å². The van der Waals surface area contributed by atoms with Crippen LogP contribution in [0.3, 0.4) is 0 Å². The van der Waals surface area contributed by atoms with Crippen LogP contribution in [0.25, 0.3) is 0 Å². The molecule has 2 aromatic heterocycles. The molecule has 3 rings (SSSR count). The molecule has 6 nitrogen and oxygen atoms in total. The van der Waals surface area contributed by atoms with Crippen molar-refractivity contribution >= 4 is 5.91 Å². The number of pyridine rings is 1. The lowest BCUT2D eigenvalue weighted by atomic mass is 10.2. The Balaban J connectivity index is 1.56. The van der Waals surface area contributed by atoms with Gasteiger partial charge in [-0.25, -0.2) is 15.0 Å². The summed E-state index contributed by atoms with van der Waals surface area (Å²) in [5.74, 6) is 0.994. The molecule has 0 saturated carbocycles. The second-order valence-electron chi connectivity index (χ2n) is 4.69. The maximum Gasteiger partial charge on any atom is 0.270 e. The molecule has 2 heterocycles. The zero-order chi connectivity index (χ0) is 15.9. The van der Waals surface area contributed by atoms with Crippen molar-refractivity contribution in [2.45, 2.75) is 6.54 Å². The fourth-order valence-corrected chi connectivity index (χ4v) is 1.90. The fourth-order valence-electron chi connectivity index (χ4n) is 1.90. The Kier molecular flexibility index (Phi) is 4.54. The van der Waals surface area contributed by atoms with E-state index in [9.17, 15) is 4.79 Å². The largest absolute Gasteiger partial charge is 0.439 e. The topological polar surface area (TPSA) is 77.0 Å². The van der Waals surface area contributed by atoms with Crippen molar-refractivity contribution < 1.29 is 9.53 Å². The number of aromatic nitrogens is 3. The highest BCUT2D eigenvalue weighted by atomic mass is 16.5. The first kappa shape index (κ1) is 14.6. The van der Waals surface area contributed by atoms with Crippen LogP contribution >= 0.6 is 0 Å². The predicted octanol–water partition coefficient (Wildman–Crippen LogP) is 2.59. The van der Waals surface area contributed by atoms with Crippen LogP contribution in [0.5, 0.6) is 11.6 Å². The summed E-state index contributed by atoms with van der Waals surface area (Å²) in [6.07, 6.45) is 4.55. The highest BCUT2D eigenvalue weighted by Gasteiger charge is 2.06. The number of rotatable bonds is 5. The Hall–Kier alpha value is -3.28. The van der Waals surface area contributed by atoms with E-state index in [1.54, 1.807) is 18.3 Å². The third-order valence-corrected chi connectivity index (χ3v) is 3.05. The van der Waals surface area contributed by atoms with Crippen LogP contribution in [0, 0.1) is 0 Å². The molecule has 0 fully saturated rings. The van der Waals surface area contributed by atoms with Crippen molar-refractivity contribution in [3.05, 3.63) is 78.5 Å². The number of nitrogens with one attached hydrogen (secondary N) is 1. The first-order valence-electron chi connectivity index (χ1n) is 7.03. The summed E-state index contributed by atoms with van der Waals surface area (Å²) >= 11 is 0. The van der Waals surface area contributed by atoms with Crippen molar-refractivity contribution in [3.63, 3.8) is 0 Å². The number of carbonyl (C=O) groups excluding carboxylic acids is 1. The Morgan fingerprint density at radius 1 is 1.00 bits per heavy atom. The average molecular weight is 306 g/mol. The summed E-state index contributed by atoms with van der Waals surface area (Å²) in [6.45, 7) is 0.409. The van der Waals surface area contributed by atoms with Gasteiger partial charge in [0, 0.05) is 25.0 Å². The zero-order valence-corrected chi connectivity index (χ0v) is 12.2. The van der Waals surface area contributed by atoms with Crippen LogP contribution in [0.2, 0.25) is 0 Å². The van der Waals surface area contributed by atoms with E-state index < -0.39 is 0 Å². The fraction of sp³-hybridized carbons (Fsp3) is 0.0588. The zero-order valence-electron chi connectivity index (χ0n) is 12.2. The highest BCUT2D eigenvalue weighted by Crippen LogP contribution is 2.19. The van der Waals surface area contributed by atoms with Gasteiger partial charge in [0.05, 0.1) is 0 Å². The minimum atomic E-state index is -0.235. The average Bonchev–Trinajstić information content (AvgIpc) is 2.62. The summed E-state index contributed by atoms with van der Waals surface area (Å²) in [6, 6.07) is 14.5. The first-order chi connectivity index (χ1) is 11.3. The van der Waals surface area contributed by atoms with Gasteiger partial charge in [0.25, 0.3) is 5.91 Å². The first-order valence-corrected chi connectivity index (χ1v) is 7.03. The summed E-state index contributed by atoms with van der Waals surface area (Å²) in [7, 11) is 0.